The molecule has 2 heterocycles. The van der Waals surface area contributed by atoms with Crippen LogP contribution in [-0.2, 0) is 19.6 Å². The molecule has 0 spiro atoms. The van der Waals surface area contributed by atoms with Crippen LogP contribution in [0.1, 0.15) is 36.7 Å². The lowest BCUT2D eigenvalue weighted by Gasteiger charge is -2.18. The van der Waals surface area contributed by atoms with E-state index in [1.165, 1.54) is 5.56 Å². The molecule has 4 heteroatoms. The van der Waals surface area contributed by atoms with Gasteiger partial charge in [-0.1, -0.05) is 13.8 Å². The number of hydrogen-bond donors (Lipinski definition) is 1. The molecule has 2 rings (SSSR count). The lowest BCUT2D eigenvalue weighted by molar-refractivity contribution is 0.246. The Morgan fingerprint density at radius 2 is 2.05 bits per heavy atom. The predicted octanol–water partition coefficient (Wildman–Crippen LogP) is 3.31. The van der Waals surface area contributed by atoms with E-state index in [0.29, 0.717) is 0 Å². The third kappa shape index (κ3) is 3.99. The summed E-state index contributed by atoms with van der Waals surface area (Å²) in [5, 5.41) is 3.29. The molecule has 0 aromatic carbocycles. The Morgan fingerprint density at radius 1 is 1.20 bits per heavy atom. The Labute approximate surface area is 120 Å². The Kier molecular flexibility index (Phi) is 5.44. The summed E-state index contributed by atoms with van der Waals surface area (Å²) in [7, 11) is 0. The summed E-state index contributed by atoms with van der Waals surface area (Å²) in [6.45, 7) is 10.7. The SMILES string of the molecule is CCNCc1cc(CN(CC)Cc2ccco2)c(C)o1. The van der Waals surface area contributed by atoms with Crippen molar-refractivity contribution in [2.75, 3.05) is 13.1 Å². The van der Waals surface area contributed by atoms with Crippen LogP contribution in [0.5, 0.6) is 0 Å². The second-order valence-corrected chi connectivity index (χ2v) is 4.96. The Bertz CT molecular complexity index is 503. The van der Waals surface area contributed by atoms with E-state index in [0.717, 1.165) is 50.0 Å². The van der Waals surface area contributed by atoms with Crippen molar-refractivity contribution in [3.05, 3.63) is 47.3 Å². The monoisotopic (exact) mass is 276 g/mol. The Morgan fingerprint density at radius 3 is 2.70 bits per heavy atom. The van der Waals surface area contributed by atoms with Gasteiger partial charge in [-0.2, -0.15) is 0 Å². The van der Waals surface area contributed by atoms with Crippen molar-refractivity contribution < 1.29 is 8.83 Å². The van der Waals surface area contributed by atoms with Crippen LogP contribution in [0.25, 0.3) is 0 Å². The maximum Gasteiger partial charge on any atom is 0.118 e. The highest BCUT2D eigenvalue weighted by Crippen LogP contribution is 2.18. The summed E-state index contributed by atoms with van der Waals surface area (Å²) >= 11 is 0. The maximum atomic E-state index is 5.78. The van der Waals surface area contributed by atoms with Crippen LogP contribution >= 0.6 is 0 Å². The van der Waals surface area contributed by atoms with Crippen LogP contribution < -0.4 is 5.32 Å². The van der Waals surface area contributed by atoms with Gasteiger partial charge in [0.2, 0.25) is 0 Å². The van der Waals surface area contributed by atoms with Gasteiger partial charge in [0, 0.05) is 12.1 Å². The van der Waals surface area contributed by atoms with Gasteiger partial charge in [-0.15, -0.1) is 0 Å². The molecule has 0 aliphatic heterocycles. The van der Waals surface area contributed by atoms with E-state index in [-0.39, 0.29) is 0 Å². The molecular formula is C16H24N2O2. The topological polar surface area (TPSA) is 41.5 Å². The Hall–Kier alpha value is -1.52. The molecule has 0 saturated carbocycles. The van der Waals surface area contributed by atoms with Gasteiger partial charge in [0.1, 0.15) is 17.3 Å². The third-order valence-electron chi connectivity index (χ3n) is 3.42. The highest BCUT2D eigenvalue weighted by molar-refractivity contribution is 5.21. The fourth-order valence-electron chi connectivity index (χ4n) is 2.22. The average molecular weight is 276 g/mol. The zero-order valence-electron chi connectivity index (χ0n) is 12.6. The first-order chi connectivity index (χ1) is 9.72. The number of rotatable bonds is 8. The van der Waals surface area contributed by atoms with Crippen LogP contribution in [0.3, 0.4) is 0 Å². The smallest absolute Gasteiger partial charge is 0.118 e. The molecule has 0 amide bonds. The molecule has 0 atom stereocenters. The molecule has 2 aromatic rings. The van der Waals surface area contributed by atoms with E-state index in [1.807, 2.05) is 19.1 Å². The maximum absolute atomic E-state index is 5.78. The van der Waals surface area contributed by atoms with Gasteiger partial charge in [0.15, 0.2) is 0 Å². The molecule has 2 aromatic heterocycles. The first-order valence-electron chi connectivity index (χ1n) is 7.26. The summed E-state index contributed by atoms with van der Waals surface area (Å²) in [6.07, 6.45) is 1.72. The van der Waals surface area contributed by atoms with Gasteiger partial charge in [-0.25, -0.2) is 0 Å². The van der Waals surface area contributed by atoms with Gasteiger partial charge >= 0.3 is 0 Å². The molecule has 0 aliphatic rings. The number of furan rings is 2. The molecule has 0 unspecified atom stereocenters. The van der Waals surface area contributed by atoms with E-state index < -0.39 is 0 Å². The van der Waals surface area contributed by atoms with E-state index in [9.17, 15) is 0 Å². The molecule has 0 fully saturated rings. The van der Waals surface area contributed by atoms with E-state index >= 15 is 0 Å². The lowest BCUT2D eigenvalue weighted by atomic mass is 10.2. The summed E-state index contributed by atoms with van der Waals surface area (Å²) in [4.78, 5) is 2.34. The molecule has 110 valence electrons. The average Bonchev–Trinajstić information content (AvgIpc) is 3.06. The highest BCUT2D eigenvalue weighted by atomic mass is 16.3. The summed E-state index contributed by atoms with van der Waals surface area (Å²) < 4.78 is 11.2. The van der Waals surface area contributed by atoms with Crippen LogP contribution in [-0.4, -0.2) is 18.0 Å². The lowest BCUT2D eigenvalue weighted by Crippen LogP contribution is -2.22. The van der Waals surface area contributed by atoms with Gasteiger partial charge in [0.05, 0.1) is 19.4 Å². The van der Waals surface area contributed by atoms with Crippen molar-refractivity contribution in [1.82, 2.24) is 10.2 Å². The normalized spacial score (nSPS) is 11.4. The fraction of sp³-hybridized carbons (Fsp3) is 0.500. The second kappa shape index (κ2) is 7.31. The van der Waals surface area contributed by atoms with Crippen molar-refractivity contribution in [1.29, 1.82) is 0 Å². The van der Waals surface area contributed by atoms with Crippen molar-refractivity contribution in [3.63, 3.8) is 0 Å². The first-order valence-corrected chi connectivity index (χ1v) is 7.26. The molecule has 0 bridgehead atoms. The van der Waals surface area contributed by atoms with Gasteiger partial charge in [0.25, 0.3) is 0 Å². The highest BCUT2D eigenvalue weighted by Gasteiger charge is 2.12. The molecular weight excluding hydrogens is 252 g/mol. The number of nitrogens with zero attached hydrogens (tertiary/aromatic N) is 1. The summed E-state index contributed by atoms with van der Waals surface area (Å²) in [5.74, 6) is 3.02. The van der Waals surface area contributed by atoms with Gasteiger partial charge < -0.3 is 14.2 Å². The number of nitrogens with one attached hydrogen (secondary N) is 1. The van der Waals surface area contributed by atoms with Crippen LogP contribution in [0.4, 0.5) is 0 Å². The fourth-order valence-corrected chi connectivity index (χ4v) is 2.22. The predicted molar refractivity (Wildman–Crippen MR) is 79.3 cm³/mol. The molecule has 0 saturated heterocycles. The quantitative estimate of drug-likeness (QED) is 0.803. The van der Waals surface area contributed by atoms with E-state index in [2.05, 4.69) is 30.1 Å². The standard InChI is InChI=1S/C16H24N2O2/c1-4-17-10-16-9-14(13(3)20-16)11-18(5-2)12-15-7-6-8-19-15/h6-9,17H,4-5,10-12H2,1-3H3. The second-order valence-electron chi connectivity index (χ2n) is 4.96. The van der Waals surface area contributed by atoms with Gasteiger partial charge in [-0.3, -0.25) is 4.90 Å². The summed E-state index contributed by atoms with van der Waals surface area (Å²) in [5.41, 5.74) is 1.26. The first kappa shape index (κ1) is 14.9. The molecule has 1 N–H and O–H groups in total. The zero-order chi connectivity index (χ0) is 14.4. The molecule has 0 aliphatic carbocycles. The van der Waals surface area contributed by atoms with Crippen LogP contribution in [0.15, 0.2) is 33.3 Å². The minimum Gasteiger partial charge on any atom is -0.468 e. The van der Waals surface area contributed by atoms with Crippen LogP contribution in [0.2, 0.25) is 0 Å². The summed E-state index contributed by atoms with van der Waals surface area (Å²) in [6, 6.07) is 6.10. The minimum absolute atomic E-state index is 0.793. The molecule has 0 radical (unpaired) electrons. The van der Waals surface area contributed by atoms with Crippen molar-refractivity contribution in [2.45, 2.75) is 40.4 Å². The Balaban J connectivity index is 1.98. The molecule has 20 heavy (non-hydrogen) atoms. The van der Waals surface area contributed by atoms with Crippen molar-refractivity contribution in [2.24, 2.45) is 0 Å². The molecule has 4 nitrogen and oxygen atoms in total. The third-order valence-corrected chi connectivity index (χ3v) is 3.42. The van der Waals surface area contributed by atoms with Crippen molar-refractivity contribution >= 4 is 0 Å². The number of hydrogen-bond acceptors (Lipinski definition) is 4. The van der Waals surface area contributed by atoms with E-state index in [1.54, 1.807) is 6.26 Å². The van der Waals surface area contributed by atoms with E-state index in [4.69, 9.17) is 8.83 Å². The zero-order valence-corrected chi connectivity index (χ0v) is 12.6. The van der Waals surface area contributed by atoms with Crippen molar-refractivity contribution in [3.8, 4) is 0 Å². The largest absolute Gasteiger partial charge is 0.468 e. The minimum atomic E-state index is 0.793. The van der Waals surface area contributed by atoms with Gasteiger partial charge in [-0.05, 0) is 38.2 Å². The van der Waals surface area contributed by atoms with Crippen LogP contribution in [0, 0.1) is 6.92 Å². The number of aryl methyl sites for hydroxylation is 1.